The molecule has 36 heavy (non-hydrogen) atoms. The first-order valence-corrected chi connectivity index (χ1v) is 12.9. The van der Waals surface area contributed by atoms with Crippen LogP contribution in [-0.2, 0) is 20.1 Å². The minimum Gasteiger partial charge on any atom is -0.496 e. The molecule has 188 valence electrons. The van der Waals surface area contributed by atoms with E-state index in [2.05, 4.69) is 45.8 Å². The molecule has 3 saturated heterocycles. The summed E-state index contributed by atoms with van der Waals surface area (Å²) in [7, 11) is 3.80. The van der Waals surface area contributed by atoms with Crippen molar-refractivity contribution in [3.8, 4) is 17.0 Å². The summed E-state index contributed by atoms with van der Waals surface area (Å²) in [6.07, 6.45) is 5.95. The van der Waals surface area contributed by atoms with Crippen LogP contribution in [0.3, 0.4) is 0 Å². The van der Waals surface area contributed by atoms with Crippen molar-refractivity contribution < 1.29 is 13.6 Å². The SMILES string of the molecule is COc1ccccc1-c1cc([C@@H]2CN3CC[C@H]2C[C@@H]3CN(Cc2ccco2)Cc2ccco2)n(C)n1. The Morgan fingerprint density at radius 3 is 2.42 bits per heavy atom. The molecule has 0 aliphatic carbocycles. The molecule has 4 aromatic rings. The van der Waals surface area contributed by atoms with Crippen molar-refractivity contribution in [1.29, 1.82) is 0 Å². The molecule has 3 aliphatic heterocycles. The lowest BCUT2D eigenvalue weighted by Crippen LogP contribution is -2.56. The number of hydrogen-bond donors (Lipinski definition) is 0. The lowest BCUT2D eigenvalue weighted by Gasteiger charge is -2.50. The predicted octanol–water partition coefficient (Wildman–Crippen LogP) is 5.16. The first-order chi connectivity index (χ1) is 17.7. The molecule has 1 aromatic carbocycles. The molecule has 1 unspecified atom stereocenters. The number of aryl methyl sites for hydroxylation is 1. The standard InChI is InChI=1S/C29H34N4O3/c1-31-28(16-27(30-31)25-9-3-4-10-29(25)34-2)26-20-33-12-11-21(26)15-22(33)17-32(18-23-7-5-13-35-23)19-24-8-6-14-36-24/h3-10,13-14,16,21-22,26H,11-12,15,17-20H2,1-2H3/t21-,22+,26+/m0/s1. The average molecular weight is 487 g/mol. The Hall–Kier alpha value is -3.29. The minimum atomic E-state index is 0.500. The second-order valence-electron chi connectivity index (χ2n) is 10.1. The fourth-order valence-electron chi connectivity index (χ4n) is 6.21. The molecule has 4 atom stereocenters. The molecule has 6 heterocycles. The van der Waals surface area contributed by atoms with Crippen molar-refractivity contribution in [2.75, 3.05) is 26.7 Å². The Morgan fingerprint density at radius 1 is 1.03 bits per heavy atom. The number of nitrogens with zero attached hydrogens (tertiary/aromatic N) is 4. The first-order valence-electron chi connectivity index (χ1n) is 12.9. The van der Waals surface area contributed by atoms with Crippen LogP contribution >= 0.6 is 0 Å². The van der Waals surface area contributed by atoms with Gasteiger partial charge in [0, 0.05) is 43.4 Å². The number of methoxy groups -OCH3 is 1. The summed E-state index contributed by atoms with van der Waals surface area (Å²) in [5.41, 5.74) is 3.36. The largest absolute Gasteiger partial charge is 0.496 e. The summed E-state index contributed by atoms with van der Waals surface area (Å²) in [4.78, 5) is 5.15. The molecular weight excluding hydrogens is 452 g/mol. The monoisotopic (exact) mass is 486 g/mol. The van der Waals surface area contributed by atoms with E-state index >= 15 is 0 Å². The smallest absolute Gasteiger partial charge is 0.128 e. The van der Waals surface area contributed by atoms with Crippen LogP contribution in [0, 0.1) is 5.92 Å². The van der Waals surface area contributed by atoms with E-state index in [0.29, 0.717) is 17.9 Å². The van der Waals surface area contributed by atoms with E-state index in [1.165, 1.54) is 25.1 Å². The summed E-state index contributed by atoms with van der Waals surface area (Å²) in [5, 5.41) is 4.89. The van der Waals surface area contributed by atoms with Crippen LogP contribution in [0.4, 0.5) is 0 Å². The molecule has 0 radical (unpaired) electrons. The van der Waals surface area contributed by atoms with Crippen LogP contribution in [-0.4, -0.2) is 52.4 Å². The van der Waals surface area contributed by atoms with Gasteiger partial charge in [0.2, 0.25) is 0 Å². The summed E-state index contributed by atoms with van der Waals surface area (Å²) in [6.45, 7) is 4.82. The van der Waals surface area contributed by atoms with Gasteiger partial charge in [-0.3, -0.25) is 14.5 Å². The van der Waals surface area contributed by atoms with Crippen LogP contribution in [0.2, 0.25) is 0 Å². The van der Waals surface area contributed by atoms with Crippen LogP contribution < -0.4 is 4.74 Å². The van der Waals surface area contributed by atoms with Crippen molar-refractivity contribution in [3.05, 3.63) is 84.3 Å². The summed E-state index contributed by atoms with van der Waals surface area (Å²) >= 11 is 0. The molecule has 7 nitrogen and oxygen atoms in total. The quantitative estimate of drug-likeness (QED) is 0.326. The number of fused-ring (bicyclic) bond motifs is 3. The van der Waals surface area contributed by atoms with Crippen LogP contribution in [0.5, 0.6) is 5.75 Å². The molecule has 7 rings (SSSR count). The van der Waals surface area contributed by atoms with Crippen molar-refractivity contribution in [2.24, 2.45) is 13.0 Å². The van der Waals surface area contributed by atoms with Gasteiger partial charge in [0.1, 0.15) is 17.3 Å². The fraction of sp³-hybridized carbons (Fsp3) is 0.414. The Balaban J connectivity index is 1.18. The van der Waals surface area contributed by atoms with Gasteiger partial charge >= 0.3 is 0 Å². The Labute approximate surface area is 212 Å². The van der Waals surface area contributed by atoms with Gasteiger partial charge < -0.3 is 13.6 Å². The molecule has 3 aliphatic rings. The average Bonchev–Trinajstić information content (AvgIpc) is 3.68. The second kappa shape index (κ2) is 9.99. The van der Waals surface area contributed by atoms with E-state index in [9.17, 15) is 0 Å². The molecule has 0 saturated carbocycles. The number of benzene rings is 1. The maximum absolute atomic E-state index is 5.67. The number of ether oxygens (including phenoxy) is 1. The van der Waals surface area contributed by atoms with E-state index in [4.69, 9.17) is 18.7 Å². The third kappa shape index (κ3) is 4.61. The fourth-order valence-corrected chi connectivity index (χ4v) is 6.21. The molecule has 3 aromatic heterocycles. The van der Waals surface area contributed by atoms with Crippen molar-refractivity contribution >= 4 is 0 Å². The number of aromatic nitrogens is 2. The van der Waals surface area contributed by atoms with Gasteiger partial charge in [-0.15, -0.1) is 0 Å². The number of piperidine rings is 3. The highest BCUT2D eigenvalue weighted by Gasteiger charge is 2.42. The van der Waals surface area contributed by atoms with E-state index in [1.54, 1.807) is 19.6 Å². The number of hydrogen-bond acceptors (Lipinski definition) is 6. The second-order valence-corrected chi connectivity index (χ2v) is 10.1. The summed E-state index contributed by atoms with van der Waals surface area (Å²) in [6, 6.07) is 19.0. The normalized spacial score (nSPS) is 23.4. The maximum Gasteiger partial charge on any atom is 0.128 e. The van der Waals surface area contributed by atoms with Crippen molar-refractivity contribution in [1.82, 2.24) is 19.6 Å². The zero-order chi connectivity index (χ0) is 24.5. The lowest BCUT2D eigenvalue weighted by atomic mass is 9.74. The Bertz CT molecular complexity index is 1230. The third-order valence-electron chi connectivity index (χ3n) is 7.95. The molecule has 0 amide bonds. The van der Waals surface area contributed by atoms with Crippen LogP contribution in [0.1, 0.15) is 36.0 Å². The Kier molecular flexibility index (Phi) is 6.42. The van der Waals surface area contributed by atoms with Gasteiger partial charge in [-0.2, -0.15) is 5.10 Å². The van der Waals surface area contributed by atoms with Crippen LogP contribution in [0.15, 0.2) is 76.0 Å². The van der Waals surface area contributed by atoms with E-state index in [-0.39, 0.29) is 0 Å². The molecule has 0 N–H and O–H groups in total. The number of para-hydroxylation sites is 1. The molecule has 3 fully saturated rings. The highest BCUT2D eigenvalue weighted by atomic mass is 16.5. The van der Waals surface area contributed by atoms with Gasteiger partial charge in [0.15, 0.2) is 0 Å². The van der Waals surface area contributed by atoms with Gasteiger partial charge in [-0.25, -0.2) is 0 Å². The zero-order valence-corrected chi connectivity index (χ0v) is 21.0. The summed E-state index contributed by atoms with van der Waals surface area (Å²) < 4.78 is 19.0. The zero-order valence-electron chi connectivity index (χ0n) is 21.0. The van der Waals surface area contributed by atoms with E-state index < -0.39 is 0 Å². The van der Waals surface area contributed by atoms with E-state index in [1.807, 2.05) is 30.3 Å². The molecule has 7 heteroatoms. The van der Waals surface area contributed by atoms with E-state index in [0.717, 1.165) is 54.7 Å². The lowest BCUT2D eigenvalue weighted by molar-refractivity contribution is 0.00571. The maximum atomic E-state index is 5.67. The minimum absolute atomic E-state index is 0.500. The van der Waals surface area contributed by atoms with Gasteiger partial charge in [-0.1, -0.05) is 12.1 Å². The first kappa shape index (κ1) is 23.1. The predicted molar refractivity (Wildman–Crippen MR) is 138 cm³/mol. The van der Waals surface area contributed by atoms with Gasteiger partial charge in [0.25, 0.3) is 0 Å². The molecule has 0 spiro atoms. The highest BCUT2D eigenvalue weighted by molar-refractivity contribution is 5.67. The third-order valence-corrected chi connectivity index (χ3v) is 7.95. The Morgan fingerprint density at radius 2 is 1.78 bits per heavy atom. The molecule has 2 bridgehead atoms. The van der Waals surface area contributed by atoms with Crippen molar-refractivity contribution in [3.63, 3.8) is 0 Å². The number of furan rings is 2. The van der Waals surface area contributed by atoms with Gasteiger partial charge in [0.05, 0.1) is 38.4 Å². The number of rotatable bonds is 9. The summed E-state index contributed by atoms with van der Waals surface area (Å²) in [5.74, 6) is 4.02. The van der Waals surface area contributed by atoms with Crippen molar-refractivity contribution in [2.45, 2.75) is 37.9 Å². The topological polar surface area (TPSA) is 59.8 Å². The van der Waals surface area contributed by atoms with Crippen LogP contribution in [0.25, 0.3) is 11.3 Å². The highest BCUT2D eigenvalue weighted by Crippen LogP contribution is 2.43. The molecular formula is C29H34N4O3. The van der Waals surface area contributed by atoms with Gasteiger partial charge in [-0.05, 0) is 67.8 Å².